The monoisotopic (exact) mass is 516 g/mol. The van der Waals surface area contributed by atoms with E-state index in [1.165, 1.54) is 17.7 Å². The molecule has 2 fully saturated rings. The van der Waals surface area contributed by atoms with Gasteiger partial charge < -0.3 is 15.7 Å². The molecule has 4 unspecified atom stereocenters. The number of rotatable bonds is 5. The van der Waals surface area contributed by atoms with Gasteiger partial charge in [-0.1, -0.05) is 13.0 Å². The number of carbonyl (C=O) groups excluding carboxylic acids is 2. The molecule has 2 aliphatic carbocycles. The van der Waals surface area contributed by atoms with E-state index in [0.717, 1.165) is 43.4 Å². The molecule has 0 aliphatic heterocycles. The van der Waals surface area contributed by atoms with E-state index in [1.54, 1.807) is 13.0 Å². The Morgan fingerprint density at radius 3 is 2.30 bits per heavy atom. The number of halogens is 3. The van der Waals surface area contributed by atoms with Gasteiger partial charge in [0.2, 0.25) is 0 Å². The van der Waals surface area contributed by atoms with E-state index in [2.05, 4.69) is 10.6 Å². The third kappa shape index (κ3) is 5.97. The van der Waals surface area contributed by atoms with Crippen molar-refractivity contribution in [1.29, 1.82) is 0 Å². The normalized spacial score (nSPS) is 25.8. The fourth-order valence-electron chi connectivity index (χ4n) is 6.04. The average Bonchev–Trinajstić information content (AvgIpc) is 2.81. The van der Waals surface area contributed by atoms with E-state index in [9.17, 15) is 32.7 Å². The molecule has 4 atom stereocenters. The third-order valence-corrected chi connectivity index (χ3v) is 7.96. The number of hydrogen-bond acceptors (Lipinski definition) is 3. The van der Waals surface area contributed by atoms with Crippen LogP contribution < -0.4 is 10.6 Å². The highest BCUT2D eigenvalue weighted by atomic mass is 19.4. The van der Waals surface area contributed by atoms with Crippen molar-refractivity contribution in [3.05, 3.63) is 59.2 Å². The van der Waals surface area contributed by atoms with Gasteiger partial charge in [0, 0.05) is 22.7 Å². The first-order valence-electron chi connectivity index (χ1n) is 12.5. The topological polar surface area (TPSA) is 95.5 Å². The predicted molar refractivity (Wildman–Crippen MR) is 133 cm³/mol. The van der Waals surface area contributed by atoms with E-state index in [0.29, 0.717) is 12.1 Å². The van der Waals surface area contributed by atoms with Crippen molar-refractivity contribution in [2.45, 2.75) is 64.5 Å². The Hall–Kier alpha value is -3.36. The van der Waals surface area contributed by atoms with Crippen LogP contribution in [0.1, 0.15) is 68.1 Å². The molecular formula is C28H31F3N2O4. The molecule has 2 amide bonds. The van der Waals surface area contributed by atoms with Gasteiger partial charge in [0.25, 0.3) is 0 Å². The Bertz CT molecular complexity index is 1190. The van der Waals surface area contributed by atoms with E-state index >= 15 is 0 Å². The summed E-state index contributed by atoms with van der Waals surface area (Å²) in [6, 6.07) is 9.32. The van der Waals surface area contributed by atoms with Gasteiger partial charge in [-0.25, -0.2) is 4.79 Å². The van der Waals surface area contributed by atoms with Crippen LogP contribution in [0.15, 0.2) is 42.5 Å². The highest BCUT2D eigenvalue weighted by molar-refractivity contribution is 5.99. The number of carboxylic acid groups (broad SMARTS) is 1. The maximum atomic E-state index is 13.1. The van der Waals surface area contributed by atoms with Crippen LogP contribution >= 0.6 is 0 Å². The summed E-state index contributed by atoms with van der Waals surface area (Å²) in [7, 11) is 0. The number of Topliss-reactive ketones (excluding diaryl/α,β-unsaturated/α-hetero) is 1. The molecule has 0 spiro atoms. The fourth-order valence-corrected chi connectivity index (χ4v) is 6.04. The minimum absolute atomic E-state index is 0.0792. The molecule has 37 heavy (non-hydrogen) atoms. The minimum Gasteiger partial charge on any atom is -0.481 e. The largest absolute Gasteiger partial charge is 0.481 e. The van der Waals surface area contributed by atoms with E-state index in [4.69, 9.17) is 0 Å². The highest BCUT2D eigenvalue weighted by Gasteiger charge is 2.48. The van der Waals surface area contributed by atoms with Crippen molar-refractivity contribution in [3.63, 3.8) is 0 Å². The second-order valence-electron chi connectivity index (χ2n) is 10.6. The lowest BCUT2D eigenvalue weighted by Crippen LogP contribution is -2.45. The third-order valence-electron chi connectivity index (χ3n) is 7.96. The smallest absolute Gasteiger partial charge is 0.416 e. The molecule has 2 aromatic carbocycles. The van der Waals surface area contributed by atoms with Crippen LogP contribution in [0.4, 0.5) is 29.3 Å². The zero-order chi connectivity index (χ0) is 27.0. The molecule has 0 bridgehead atoms. The first kappa shape index (κ1) is 26.7. The first-order chi connectivity index (χ1) is 17.4. The van der Waals surface area contributed by atoms with Crippen molar-refractivity contribution < 1.29 is 32.7 Å². The van der Waals surface area contributed by atoms with Gasteiger partial charge >= 0.3 is 18.2 Å². The van der Waals surface area contributed by atoms with Gasteiger partial charge in [0.15, 0.2) is 0 Å². The number of urea groups is 1. The lowest BCUT2D eigenvalue weighted by atomic mass is 9.58. The van der Waals surface area contributed by atoms with Crippen LogP contribution in [0.3, 0.4) is 0 Å². The Balaban J connectivity index is 1.36. The molecular weight excluding hydrogens is 485 g/mol. The van der Waals surface area contributed by atoms with Crippen LogP contribution in [0.5, 0.6) is 0 Å². The number of aliphatic carboxylic acids is 1. The van der Waals surface area contributed by atoms with Gasteiger partial charge in [-0.05, 0) is 98.4 Å². The van der Waals surface area contributed by atoms with E-state index in [-0.39, 0.29) is 35.6 Å². The van der Waals surface area contributed by atoms with Gasteiger partial charge in [-0.3, -0.25) is 9.59 Å². The number of anilines is 2. The van der Waals surface area contributed by atoms with Gasteiger partial charge in [0.05, 0.1) is 12.0 Å². The number of hydrogen-bond donors (Lipinski definition) is 3. The molecule has 9 heteroatoms. The van der Waals surface area contributed by atoms with Crippen LogP contribution in [-0.4, -0.2) is 22.9 Å². The number of benzene rings is 2. The predicted octanol–water partition coefficient (Wildman–Crippen LogP) is 7.00. The summed E-state index contributed by atoms with van der Waals surface area (Å²) in [6.07, 6.45) is -0.634. The molecule has 0 radical (unpaired) electrons. The number of fused-ring (bicyclic) bond motifs is 1. The summed E-state index contributed by atoms with van der Waals surface area (Å²) >= 11 is 0. The molecule has 198 valence electrons. The Morgan fingerprint density at radius 2 is 1.68 bits per heavy atom. The summed E-state index contributed by atoms with van der Waals surface area (Å²) < 4.78 is 38.1. The zero-order valence-corrected chi connectivity index (χ0v) is 20.8. The van der Waals surface area contributed by atoms with Crippen molar-refractivity contribution in [2.75, 3.05) is 10.6 Å². The number of ketones is 1. The average molecular weight is 517 g/mol. The Morgan fingerprint density at radius 1 is 1.03 bits per heavy atom. The highest BCUT2D eigenvalue weighted by Crippen LogP contribution is 2.50. The summed E-state index contributed by atoms with van der Waals surface area (Å²) in [4.78, 5) is 36.7. The number of aryl methyl sites for hydroxylation is 1. The molecule has 0 aromatic heterocycles. The van der Waals surface area contributed by atoms with E-state index in [1.807, 2.05) is 19.1 Å². The van der Waals surface area contributed by atoms with E-state index < -0.39 is 29.2 Å². The second-order valence-corrected chi connectivity index (χ2v) is 10.6. The van der Waals surface area contributed by atoms with Gasteiger partial charge in [-0.2, -0.15) is 13.2 Å². The standard InChI is InChI=1S/C28H31F3N2O4/c1-16-13-21(33-26(37)32-20-6-4-19(5-7-20)28(29,30)31)8-10-22(16)17-3-9-23-18(14-17)11-12-27(2,25(23)36)15-24(34)35/h4-8,10,13,17-18,23H,3,9,11-12,14-15H2,1-2H3,(H,34,35)(H2,32,33,37). The van der Waals surface area contributed by atoms with Crippen molar-refractivity contribution >= 4 is 29.2 Å². The molecule has 4 rings (SSSR count). The summed E-state index contributed by atoms with van der Waals surface area (Å²) in [5, 5.41) is 14.5. The Kier molecular flexibility index (Phi) is 7.35. The summed E-state index contributed by atoms with van der Waals surface area (Å²) in [5.74, 6) is -0.377. The maximum absolute atomic E-state index is 13.1. The SMILES string of the molecule is Cc1cc(NC(=O)Nc2ccc(C(F)(F)F)cc2)ccc1C1CCC2C(=O)C(C)(CC(=O)O)CCC2C1. The summed E-state index contributed by atoms with van der Waals surface area (Å²) in [6.45, 7) is 3.76. The van der Waals surface area contributed by atoms with Crippen molar-refractivity contribution in [1.82, 2.24) is 0 Å². The number of amides is 2. The van der Waals surface area contributed by atoms with Crippen LogP contribution in [-0.2, 0) is 15.8 Å². The molecule has 2 aliphatic rings. The number of carbonyl (C=O) groups is 3. The van der Waals surface area contributed by atoms with Crippen LogP contribution in [0, 0.1) is 24.2 Å². The molecule has 0 saturated heterocycles. The number of alkyl halides is 3. The first-order valence-corrected chi connectivity index (χ1v) is 12.5. The lowest BCUT2D eigenvalue weighted by molar-refractivity contribution is -0.150. The molecule has 3 N–H and O–H groups in total. The molecule has 0 heterocycles. The fraction of sp³-hybridized carbons (Fsp3) is 0.464. The molecule has 2 saturated carbocycles. The second kappa shape index (κ2) is 10.2. The van der Waals surface area contributed by atoms with Crippen LogP contribution in [0.25, 0.3) is 0 Å². The zero-order valence-electron chi connectivity index (χ0n) is 20.8. The summed E-state index contributed by atoms with van der Waals surface area (Å²) in [5.41, 5.74) is 1.43. The maximum Gasteiger partial charge on any atom is 0.416 e. The quantitative estimate of drug-likeness (QED) is 0.399. The molecule has 2 aromatic rings. The van der Waals surface area contributed by atoms with Gasteiger partial charge in [-0.15, -0.1) is 0 Å². The Labute approximate surface area is 213 Å². The minimum atomic E-state index is -4.44. The molecule has 6 nitrogen and oxygen atoms in total. The van der Waals surface area contributed by atoms with Gasteiger partial charge in [0.1, 0.15) is 5.78 Å². The number of nitrogens with one attached hydrogen (secondary N) is 2. The van der Waals surface area contributed by atoms with Crippen LogP contribution in [0.2, 0.25) is 0 Å². The van der Waals surface area contributed by atoms with Crippen molar-refractivity contribution in [3.8, 4) is 0 Å². The lowest BCUT2D eigenvalue weighted by Gasteiger charge is -2.45. The van der Waals surface area contributed by atoms with Crippen molar-refractivity contribution in [2.24, 2.45) is 17.3 Å². The number of carboxylic acids is 1.